The minimum atomic E-state index is 0.517. The molecule has 1 heterocycles. The van der Waals surface area contributed by atoms with Crippen molar-refractivity contribution in [2.24, 2.45) is 0 Å². The number of carbonyl (C=O) groups excluding carboxylic acids is 1. The van der Waals surface area contributed by atoms with Gasteiger partial charge in [-0.3, -0.25) is 9.89 Å². The molecule has 0 radical (unpaired) electrons. The third kappa shape index (κ3) is 2.24. The third-order valence-corrected chi connectivity index (χ3v) is 2.47. The Bertz CT molecular complexity index is 464. The van der Waals surface area contributed by atoms with Crippen LogP contribution in [0, 0.1) is 0 Å². The monoisotopic (exact) mass is 265 g/mol. The third-order valence-electron chi connectivity index (χ3n) is 1.94. The van der Waals surface area contributed by atoms with Gasteiger partial charge >= 0.3 is 0 Å². The second kappa shape index (κ2) is 4.27. The number of H-pyrrole nitrogens is 1. The molecule has 4 nitrogen and oxygen atoms in total. The standard InChI is InChI=1S/C10H8BrN3O/c11-8-3-1-7(2-4-8)9-5-10(12-6-15)14-13-9/h1-6H,(H2,12,13,14,15). The van der Waals surface area contributed by atoms with E-state index < -0.39 is 0 Å². The summed E-state index contributed by atoms with van der Waals surface area (Å²) in [7, 11) is 0. The van der Waals surface area contributed by atoms with Crippen LogP contribution in [0.1, 0.15) is 0 Å². The maximum Gasteiger partial charge on any atom is 0.212 e. The van der Waals surface area contributed by atoms with Gasteiger partial charge in [0.25, 0.3) is 0 Å². The molecule has 76 valence electrons. The Labute approximate surface area is 94.8 Å². The summed E-state index contributed by atoms with van der Waals surface area (Å²) in [5.41, 5.74) is 1.89. The van der Waals surface area contributed by atoms with Gasteiger partial charge < -0.3 is 5.32 Å². The fourth-order valence-electron chi connectivity index (χ4n) is 1.23. The predicted molar refractivity (Wildman–Crippen MR) is 61.4 cm³/mol. The van der Waals surface area contributed by atoms with E-state index in [1.54, 1.807) is 6.07 Å². The van der Waals surface area contributed by atoms with Crippen LogP contribution in [0.2, 0.25) is 0 Å². The van der Waals surface area contributed by atoms with Crippen molar-refractivity contribution in [1.29, 1.82) is 0 Å². The number of benzene rings is 1. The van der Waals surface area contributed by atoms with E-state index in [-0.39, 0.29) is 0 Å². The molecule has 1 aromatic carbocycles. The molecule has 5 heteroatoms. The van der Waals surface area contributed by atoms with Crippen LogP contribution in [-0.4, -0.2) is 16.6 Å². The number of rotatable bonds is 3. The molecule has 2 rings (SSSR count). The fourth-order valence-corrected chi connectivity index (χ4v) is 1.50. The van der Waals surface area contributed by atoms with E-state index in [1.165, 1.54) is 0 Å². The molecule has 1 amide bonds. The number of amides is 1. The van der Waals surface area contributed by atoms with Gasteiger partial charge in [0.05, 0.1) is 5.69 Å². The summed E-state index contributed by atoms with van der Waals surface area (Å²) in [6.45, 7) is 0. The van der Waals surface area contributed by atoms with Crippen LogP contribution in [0.3, 0.4) is 0 Å². The van der Waals surface area contributed by atoms with Crippen molar-refractivity contribution >= 4 is 28.2 Å². The van der Waals surface area contributed by atoms with Crippen LogP contribution in [0.25, 0.3) is 11.3 Å². The highest BCUT2D eigenvalue weighted by molar-refractivity contribution is 9.10. The Morgan fingerprint density at radius 1 is 1.33 bits per heavy atom. The SMILES string of the molecule is O=CNc1cc(-c2ccc(Br)cc2)[nH]n1. The van der Waals surface area contributed by atoms with Gasteiger partial charge in [0.15, 0.2) is 5.82 Å². The first-order valence-electron chi connectivity index (χ1n) is 4.31. The van der Waals surface area contributed by atoms with Gasteiger partial charge in [-0.2, -0.15) is 5.10 Å². The zero-order valence-electron chi connectivity index (χ0n) is 7.70. The molecule has 0 saturated carbocycles. The molecular formula is C10H8BrN3O. The smallest absolute Gasteiger partial charge is 0.212 e. The molecule has 0 aliphatic heterocycles. The highest BCUT2D eigenvalue weighted by atomic mass is 79.9. The first-order valence-corrected chi connectivity index (χ1v) is 5.10. The van der Waals surface area contributed by atoms with E-state index >= 15 is 0 Å². The lowest BCUT2D eigenvalue weighted by Gasteiger charge is -1.96. The van der Waals surface area contributed by atoms with Crippen LogP contribution in [0.5, 0.6) is 0 Å². The number of carbonyl (C=O) groups is 1. The maximum absolute atomic E-state index is 10.2. The van der Waals surface area contributed by atoms with Gasteiger partial charge in [-0.25, -0.2) is 0 Å². The lowest BCUT2D eigenvalue weighted by Crippen LogP contribution is -1.92. The van der Waals surface area contributed by atoms with Crippen molar-refractivity contribution in [2.75, 3.05) is 5.32 Å². The molecule has 2 N–H and O–H groups in total. The number of anilines is 1. The molecule has 0 aliphatic rings. The summed E-state index contributed by atoms with van der Waals surface area (Å²) in [5.74, 6) is 0.517. The van der Waals surface area contributed by atoms with Crippen molar-refractivity contribution in [1.82, 2.24) is 10.2 Å². The molecule has 0 aliphatic carbocycles. The van der Waals surface area contributed by atoms with Crippen LogP contribution in [-0.2, 0) is 4.79 Å². The van der Waals surface area contributed by atoms with Crippen molar-refractivity contribution in [2.45, 2.75) is 0 Å². The van der Waals surface area contributed by atoms with Gasteiger partial charge in [0.2, 0.25) is 6.41 Å². The van der Waals surface area contributed by atoms with E-state index in [9.17, 15) is 4.79 Å². The van der Waals surface area contributed by atoms with Crippen LogP contribution in [0.4, 0.5) is 5.82 Å². The Balaban J connectivity index is 2.28. The lowest BCUT2D eigenvalue weighted by atomic mass is 10.2. The highest BCUT2D eigenvalue weighted by Gasteiger charge is 2.02. The molecule has 0 fully saturated rings. The number of hydrogen-bond acceptors (Lipinski definition) is 2. The van der Waals surface area contributed by atoms with Crippen LogP contribution in [0.15, 0.2) is 34.8 Å². The topological polar surface area (TPSA) is 57.8 Å². The Morgan fingerprint density at radius 3 is 2.73 bits per heavy atom. The zero-order valence-corrected chi connectivity index (χ0v) is 9.28. The average molecular weight is 266 g/mol. The Morgan fingerprint density at radius 2 is 2.07 bits per heavy atom. The number of aromatic amines is 1. The van der Waals surface area contributed by atoms with E-state index in [1.807, 2.05) is 24.3 Å². The largest absolute Gasteiger partial charge is 0.312 e. The Kier molecular flexibility index (Phi) is 2.82. The van der Waals surface area contributed by atoms with Gasteiger partial charge in [0, 0.05) is 10.5 Å². The lowest BCUT2D eigenvalue weighted by molar-refractivity contribution is -0.105. The fraction of sp³-hybridized carbons (Fsp3) is 0. The molecule has 0 bridgehead atoms. The molecular weight excluding hydrogens is 258 g/mol. The van der Waals surface area contributed by atoms with Crippen molar-refractivity contribution in [3.63, 3.8) is 0 Å². The summed E-state index contributed by atoms with van der Waals surface area (Å²) >= 11 is 3.36. The van der Waals surface area contributed by atoms with Crippen molar-refractivity contribution < 1.29 is 4.79 Å². The van der Waals surface area contributed by atoms with E-state index in [2.05, 4.69) is 31.4 Å². The molecule has 1 aromatic heterocycles. The summed E-state index contributed by atoms with van der Waals surface area (Å²) in [4.78, 5) is 10.2. The zero-order chi connectivity index (χ0) is 10.7. The quantitative estimate of drug-likeness (QED) is 0.838. The second-order valence-corrected chi connectivity index (χ2v) is 3.85. The number of hydrogen-bond donors (Lipinski definition) is 2. The Hall–Kier alpha value is -1.62. The van der Waals surface area contributed by atoms with Crippen molar-refractivity contribution in [3.8, 4) is 11.3 Å². The second-order valence-electron chi connectivity index (χ2n) is 2.94. The minimum Gasteiger partial charge on any atom is -0.312 e. The van der Waals surface area contributed by atoms with Crippen LogP contribution < -0.4 is 5.32 Å². The van der Waals surface area contributed by atoms with Gasteiger partial charge in [-0.1, -0.05) is 28.1 Å². The average Bonchev–Trinajstić information content (AvgIpc) is 2.68. The molecule has 0 saturated heterocycles. The predicted octanol–water partition coefficient (Wildman–Crippen LogP) is 2.41. The summed E-state index contributed by atoms with van der Waals surface area (Å²) in [5, 5.41) is 9.24. The highest BCUT2D eigenvalue weighted by Crippen LogP contribution is 2.21. The molecule has 0 atom stereocenters. The first kappa shape index (κ1) is 9.92. The van der Waals surface area contributed by atoms with Gasteiger partial charge in [-0.05, 0) is 17.7 Å². The number of aromatic nitrogens is 2. The summed E-state index contributed by atoms with van der Waals surface area (Å²) in [6, 6.07) is 9.59. The van der Waals surface area contributed by atoms with E-state index in [0.717, 1.165) is 15.7 Å². The molecule has 0 spiro atoms. The van der Waals surface area contributed by atoms with E-state index in [4.69, 9.17) is 0 Å². The molecule has 2 aromatic rings. The molecule has 0 unspecified atom stereocenters. The normalized spacial score (nSPS) is 9.93. The van der Waals surface area contributed by atoms with E-state index in [0.29, 0.717) is 12.2 Å². The first-order chi connectivity index (χ1) is 7.29. The number of nitrogens with zero attached hydrogens (tertiary/aromatic N) is 1. The summed E-state index contributed by atoms with van der Waals surface area (Å²) < 4.78 is 1.03. The van der Waals surface area contributed by atoms with Crippen molar-refractivity contribution in [3.05, 3.63) is 34.8 Å². The summed E-state index contributed by atoms with van der Waals surface area (Å²) in [6.07, 6.45) is 0.599. The van der Waals surface area contributed by atoms with Crippen LogP contribution >= 0.6 is 15.9 Å². The maximum atomic E-state index is 10.2. The van der Waals surface area contributed by atoms with Gasteiger partial charge in [-0.15, -0.1) is 0 Å². The number of halogens is 1. The molecule has 15 heavy (non-hydrogen) atoms. The number of nitrogens with one attached hydrogen (secondary N) is 2. The minimum absolute atomic E-state index is 0.517. The van der Waals surface area contributed by atoms with Gasteiger partial charge in [0.1, 0.15) is 0 Å².